The van der Waals surface area contributed by atoms with Crippen LogP contribution in [0.4, 0.5) is 5.69 Å². The van der Waals surface area contributed by atoms with E-state index in [-0.39, 0.29) is 30.7 Å². The fraction of sp³-hybridized carbons (Fsp3) is 0.207. The van der Waals surface area contributed by atoms with Crippen molar-refractivity contribution in [3.8, 4) is 0 Å². The van der Waals surface area contributed by atoms with Gasteiger partial charge >= 0.3 is 0 Å². The summed E-state index contributed by atoms with van der Waals surface area (Å²) in [6, 6.07) is 22.8. The number of nitrogens with one attached hydrogen (secondary N) is 1. The minimum Gasteiger partial charge on any atom is -0.358 e. The summed E-state index contributed by atoms with van der Waals surface area (Å²) in [6.45, 7) is 1.45. The fourth-order valence-electron chi connectivity index (χ4n) is 5.95. The van der Waals surface area contributed by atoms with E-state index < -0.39 is 6.17 Å². The number of rotatable bonds is 3. The lowest BCUT2D eigenvalue weighted by Crippen LogP contribution is -2.49. The zero-order valence-electron chi connectivity index (χ0n) is 19.6. The zero-order chi connectivity index (χ0) is 24.4. The molecule has 0 aliphatic carbocycles. The number of benzene rings is 3. The third-order valence-electron chi connectivity index (χ3n) is 7.68. The molecule has 7 heteroatoms. The van der Waals surface area contributed by atoms with E-state index in [0.717, 1.165) is 22.9 Å². The lowest BCUT2D eigenvalue weighted by Gasteiger charge is -2.41. The molecule has 1 aromatic heterocycles. The first-order valence-electron chi connectivity index (χ1n) is 12.3. The average molecular weight is 477 g/mol. The highest BCUT2D eigenvalue weighted by Gasteiger charge is 2.47. The van der Waals surface area contributed by atoms with E-state index in [0.29, 0.717) is 29.9 Å². The van der Waals surface area contributed by atoms with Crippen LogP contribution in [0.25, 0.3) is 10.9 Å². The number of para-hydroxylation sites is 2. The maximum absolute atomic E-state index is 13.6. The van der Waals surface area contributed by atoms with Gasteiger partial charge in [-0.15, -0.1) is 0 Å². The largest absolute Gasteiger partial charge is 0.358 e. The van der Waals surface area contributed by atoms with E-state index in [1.807, 2.05) is 47.4 Å². The number of carbonyl (C=O) groups is 3. The number of nitrogens with zero attached hydrogens (tertiary/aromatic N) is 3. The van der Waals surface area contributed by atoms with Gasteiger partial charge in [0.2, 0.25) is 5.91 Å². The smallest absolute Gasteiger partial charge is 0.260 e. The van der Waals surface area contributed by atoms with Gasteiger partial charge in [-0.2, -0.15) is 0 Å². The second-order valence-electron chi connectivity index (χ2n) is 9.59. The number of carbonyl (C=O) groups excluding carboxylic acids is 3. The predicted molar refractivity (Wildman–Crippen MR) is 136 cm³/mol. The Morgan fingerprint density at radius 2 is 1.64 bits per heavy atom. The van der Waals surface area contributed by atoms with E-state index in [1.165, 1.54) is 11.3 Å². The van der Waals surface area contributed by atoms with Crippen molar-refractivity contribution >= 4 is 34.3 Å². The molecule has 7 rings (SSSR count). The molecule has 3 aliphatic rings. The van der Waals surface area contributed by atoms with Crippen molar-refractivity contribution in [3.05, 3.63) is 101 Å². The monoisotopic (exact) mass is 476 g/mol. The molecule has 0 fully saturated rings. The lowest BCUT2D eigenvalue weighted by atomic mass is 10.0. The Hall–Kier alpha value is -4.39. The molecule has 178 valence electrons. The molecular weight excluding hydrogens is 452 g/mol. The molecule has 4 heterocycles. The van der Waals surface area contributed by atoms with Crippen LogP contribution in [0, 0.1) is 0 Å². The van der Waals surface area contributed by atoms with Crippen LogP contribution in [0.15, 0.2) is 72.8 Å². The van der Waals surface area contributed by atoms with Gasteiger partial charge in [-0.25, -0.2) is 0 Å². The first-order valence-corrected chi connectivity index (χ1v) is 12.3. The highest BCUT2D eigenvalue weighted by atomic mass is 16.2. The predicted octanol–water partition coefficient (Wildman–Crippen LogP) is 4.26. The molecule has 7 nitrogen and oxygen atoms in total. The van der Waals surface area contributed by atoms with Crippen molar-refractivity contribution in [1.82, 2.24) is 14.8 Å². The molecule has 3 aromatic carbocycles. The number of aromatic amines is 1. The summed E-state index contributed by atoms with van der Waals surface area (Å²) in [7, 11) is 0. The van der Waals surface area contributed by atoms with Crippen LogP contribution in [0.1, 0.15) is 50.1 Å². The van der Waals surface area contributed by atoms with E-state index >= 15 is 0 Å². The van der Waals surface area contributed by atoms with Crippen molar-refractivity contribution in [3.63, 3.8) is 0 Å². The first-order chi connectivity index (χ1) is 17.6. The molecule has 0 saturated heterocycles. The van der Waals surface area contributed by atoms with Crippen molar-refractivity contribution < 1.29 is 14.4 Å². The molecule has 1 unspecified atom stereocenters. The SMILES string of the molecule is O=C(CCN1C(=O)c2ccccc2N2C(=O)c3ccccc3C12)N1CCc2[nH]c3ccccc3c2C1. The van der Waals surface area contributed by atoms with Gasteiger partial charge in [0.15, 0.2) is 0 Å². The highest BCUT2D eigenvalue weighted by molar-refractivity contribution is 6.16. The van der Waals surface area contributed by atoms with Crippen LogP contribution in [0.5, 0.6) is 0 Å². The van der Waals surface area contributed by atoms with Crippen LogP contribution in [-0.2, 0) is 17.8 Å². The minimum absolute atomic E-state index is 0.0155. The van der Waals surface area contributed by atoms with Gasteiger partial charge in [0.25, 0.3) is 11.8 Å². The lowest BCUT2D eigenvalue weighted by molar-refractivity contribution is -0.132. The van der Waals surface area contributed by atoms with Gasteiger partial charge in [-0.05, 0) is 24.3 Å². The Kier molecular flexibility index (Phi) is 4.54. The van der Waals surface area contributed by atoms with Gasteiger partial charge in [0, 0.05) is 65.8 Å². The number of amides is 3. The second-order valence-corrected chi connectivity index (χ2v) is 9.59. The van der Waals surface area contributed by atoms with Crippen LogP contribution in [0.3, 0.4) is 0 Å². The molecule has 36 heavy (non-hydrogen) atoms. The standard InChI is InChI=1S/C29H24N4O3/c34-26(31-15-13-24-22(17-31)18-7-3-5-11-23(18)30-24)14-16-32-27-19-8-1-2-9-20(19)29(36)33(27)25-12-6-4-10-21(25)28(32)35/h1-12,27,30H,13-17H2. The summed E-state index contributed by atoms with van der Waals surface area (Å²) in [5.74, 6) is -0.252. The van der Waals surface area contributed by atoms with Gasteiger partial charge in [0.05, 0.1) is 11.3 Å². The van der Waals surface area contributed by atoms with Crippen LogP contribution >= 0.6 is 0 Å². The number of fused-ring (bicyclic) bond motifs is 8. The van der Waals surface area contributed by atoms with E-state index in [4.69, 9.17) is 0 Å². The summed E-state index contributed by atoms with van der Waals surface area (Å²) < 4.78 is 0. The van der Waals surface area contributed by atoms with Crippen molar-refractivity contribution in [2.75, 3.05) is 18.0 Å². The Bertz CT molecular complexity index is 1570. The van der Waals surface area contributed by atoms with Crippen molar-refractivity contribution in [1.29, 1.82) is 0 Å². The molecular formula is C29H24N4O3. The highest BCUT2D eigenvalue weighted by Crippen LogP contribution is 2.45. The quantitative estimate of drug-likeness (QED) is 0.480. The minimum atomic E-state index is -0.537. The van der Waals surface area contributed by atoms with E-state index in [2.05, 4.69) is 17.1 Å². The van der Waals surface area contributed by atoms with E-state index in [1.54, 1.807) is 28.0 Å². The normalized spacial score (nSPS) is 18.2. The molecule has 0 bridgehead atoms. The Labute approximate surface area is 207 Å². The first kappa shape index (κ1) is 20.9. The maximum Gasteiger partial charge on any atom is 0.260 e. The number of H-pyrrole nitrogens is 1. The average Bonchev–Trinajstić information content (AvgIpc) is 3.44. The molecule has 4 aromatic rings. The zero-order valence-corrected chi connectivity index (χ0v) is 19.6. The van der Waals surface area contributed by atoms with Crippen LogP contribution in [-0.4, -0.2) is 45.6 Å². The molecule has 1 atom stereocenters. The molecule has 0 saturated carbocycles. The van der Waals surface area contributed by atoms with Crippen molar-refractivity contribution in [2.24, 2.45) is 0 Å². The number of hydrogen-bond donors (Lipinski definition) is 1. The van der Waals surface area contributed by atoms with Crippen molar-refractivity contribution in [2.45, 2.75) is 25.6 Å². The third kappa shape index (κ3) is 2.95. The van der Waals surface area contributed by atoms with Gasteiger partial charge in [0.1, 0.15) is 6.17 Å². The summed E-state index contributed by atoms with van der Waals surface area (Å²) in [5, 5.41) is 1.16. The molecule has 0 spiro atoms. The molecule has 3 aliphatic heterocycles. The molecule has 0 radical (unpaired) electrons. The van der Waals surface area contributed by atoms with Gasteiger partial charge in [-0.1, -0.05) is 48.5 Å². The summed E-state index contributed by atoms with van der Waals surface area (Å²) >= 11 is 0. The van der Waals surface area contributed by atoms with Gasteiger partial charge < -0.3 is 14.8 Å². The van der Waals surface area contributed by atoms with E-state index in [9.17, 15) is 14.4 Å². The number of hydrogen-bond acceptors (Lipinski definition) is 3. The number of anilines is 1. The maximum atomic E-state index is 13.6. The topological polar surface area (TPSA) is 76.7 Å². The third-order valence-corrected chi connectivity index (χ3v) is 7.68. The summed E-state index contributed by atoms with van der Waals surface area (Å²) in [6.07, 6.45) is 0.446. The molecule has 3 amide bonds. The summed E-state index contributed by atoms with van der Waals surface area (Å²) in [4.78, 5) is 49.1. The fourth-order valence-corrected chi connectivity index (χ4v) is 5.95. The Balaban J connectivity index is 1.17. The van der Waals surface area contributed by atoms with Gasteiger partial charge in [-0.3, -0.25) is 19.3 Å². The molecule has 1 N–H and O–H groups in total. The Morgan fingerprint density at radius 3 is 2.53 bits per heavy atom. The second kappa shape index (κ2) is 7.81. The number of aromatic nitrogens is 1. The summed E-state index contributed by atoms with van der Waals surface area (Å²) in [5.41, 5.74) is 5.99. The van der Waals surface area contributed by atoms with Crippen LogP contribution < -0.4 is 4.90 Å². The van der Waals surface area contributed by atoms with Crippen LogP contribution in [0.2, 0.25) is 0 Å². The Morgan fingerprint density at radius 1 is 0.889 bits per heavy atom.